The molecular weight excluding hydrogens is 540 g/mol. The highest BCUT2D eigenvalue weighted by Gasteiger charge is 2.68. The minimum Gasteiger partial charge on any atom is -0.508 e. The second kappa shape index (κ2) is 12.8. The van der Waals surface area contributed by atoms with Crippen LogP contribution in [0, 0.1) is 39.9 Å². The van der Waals surface area contributed by atoms with Crippen molar-refractivity contribution in [1.29, 1.82) is 0 Å². The van der Waals surface area contributed by atoms with Crippen LogP contribution in [0.1, 0.15) is 110 Å². The second-order valence-corrected chi connectivity index (χ2v) is 14.6. The normalized spacial score (nSPS) is 37.0. The number of hydrogen-bond donors (Lipinski definition) is 3. The van der Waals surface area contributed by atoms with Gasteiger partial charge in [-0.25, -0.2) is 0 Å². The molecule has 6 nitrogen and oxygen atoms in total. The highest BCUT2D eigenvalue weighted by Crippen LogP contribution is 2.67. The predicted octanol–water partition coefficient (Wildman–Crippen LogP) is 8.04. The van der Waals surface area contributed by atoms with E-state index in [1.165, 1.54) is 17.7 Å². The van der Waals surface area contributed by atoms with Gasteiger partial charge in [-0.2, -0.15) is 0 Å². The van der Waals surface area contributed by atoms with E-state index in [1.54, 1.807) is 18.2 Å². The van der Waals surface area contributed by atoms with E-state index in [0.717, 1.165) is 51.4 Å². The third-order valence-corrected chi connectivity index (χ3v) is 12.4. The SMILES string of the molecule is C=C[C@@H](CCCCC)OC(=O)[C@@H]1[C@@H](c2ccc(O)cc2)[C@@H](C(=O)O)[C@]1(C)C[C@H](O)[C@@]1(C)[C@H](C)CC[C@@]2(C)C(=C)CCC[C@H]12. The maximum absolute atomic E-state index is 14.1. The molecule has 10 atom stereocenters. The van der Waals surface area contributed by atoms with Gasteiger partial charge in [0.1, 0.15) is 11.9 Å². The van der Waals surface area contributed by atoms with Crippen molar-refractivity contribution < 1.29 is 29.6 Å². The molecule has 238 valence electrons. The maximum Gasteiger partial charge on any atom is 0.310 e. The van der Waals surface area contributed by atoms with Gasteiger partial charge in [0.15, 0.2) is 0 Å². The lowest BCUT2D eigenvalue weighted by Gasteiger charge is -2.63. The fourth-order valence-corrected chi connectivity index (χ4v) is 9.40. The molecule has 3 aliphatic rings. The van der Waals surface area contributed by atoms with E-state index in [2.05, 4.69) is 40.9 Å². The maximum atomic E-state index is 14.1. The first-order valence-corrected chi connectivity index (χ1v) is 16.5. The van der Waals surface area contributed by atoms with E-state index < -0.39 is 52.7 Å². The van der Waals surface area contributed by atoms with Crippen LogP contribution in [-0.4, -0.2) is 39.5 Å². The lowest BCUT2D eigenvalue weighted by atomic mass is 9.41. The number of phenolic OH excluding ortho intramolecular Hbond substituents is 1. The van der Waals surface area contributed by atoms with Gasteiger partial charge in [-0.15, -0.1) is 0 Å². The average molecular weight is 595 g/mol. The number of carboxylic acids is 1. The number of carbonyl (C=O) groups is 2. The molecular formula is C37H54O6. The third-order valence-electron chi connectivity index (χ3n) is 12.4. The van der Waals surface area contributed by atoms with Crippen molar-refractivity contribution in [3.63, 3.8) is 0 Å². The molecule has 0 heterocycles. The van der Waals surface area contributed by atoms with Gasteiger partial charge in [-0.05, 0) is 97.1 Å². The minimum absolute atomic E-state index is 0.0597. The smallest absolute Gasteiger partial charge is 0.310 e. The number of esters is 1. The number of carboxylic acid groups (broad SMARTS) is 1. The lowest BCUT2D eigenvalue weighted by Crippen LogP contribution is -2.63. The van der Waals surface area contributed by atoms with Crippen LogP contribution in [0.5, 0.6) is 5.75 Å². The Hall–Kier alpha value is -2.60. The number of unbranched alkanes of at least 4 members (excludes halogenated alkanes) is 2. The van der Waals surface area contributed by atoms with Gasteiger partial charge in [-0.1, -0.05) is 84.4 Å². The number of hydrogen-bond acceptors (Lipinski definition) is 5. The van der Waals surface area contributed by atoms with Gasteiger partial charge in [0, 0.05) is 5.92 Å². The van der Waals surface area contributed by atoms with Crippen molar-refractivity contribution in [2.75, 3.05) is 0 Å². The zero-order valence-corrected chi connectivity index (χ0v) is 27.0. The number of ether oxygens (including phenoxy) is 1. The monoisotopic (exact) mass is 594 g/mol. The number of aromatic hydroxyl groups is 1. The first-order valence-electron chi connectivity index (χ1n) is 16.5. The topological polar surface area (TPSA) is 104 Å². The van der Waals surface area contributed by atoms with Crippen LogP contribution in [0.25, 0.3) is 0 Å². The number of allylic oxidation sites excluding steroid dienone is 1. The molecule has 43 heavy (non-hydrogen) atoms. The number of benzene rings is 1. The molecule has 0 saturated heterocycles. The summed E-state index contributed by atoms with van der Waals surface area (Å²) >= 11 is 0. The van der Waals surface area contributed by atoms with Crippen LogP contribution < -0.4 is 0 Å². The molecule has 1 aromatic rings. The summed E-state index contributed by atoms with van der Waals surface area (Å²) in [6.45, 7) is 19.0. The van der Waals surface area contributed by atoms with Crippen LogP contribution in [-0.2, 0) is 14.3 Å². The molecule has 1 aromatic carbocycles. The Labute approximate surface area is 258 Å². The van der Waals surface area contributed by atoms with E-state index in [9.17, 15) is 24.9 Å². The molecule has 0 spiro atoms. The summed E-state index contributed by atoms with van der Waals surface area (Å²) in [4.78, 5) is 27.1. The molecule has 3 saturated carbocycles. The van der Waals surface area contributed by atoms with Crippen LogP contribution in [0.15, 0.2) is 49.1 Å². The van der Waals surface area contributed by atoms with Crippen molar-refractivity contribution >= 4 is 11.9 Å². The molecule has 0 aromatic heterocycles. The summed E-state index contributed by atoms with van der Waals surface area (Å²) in [5.41, 5.74) is 0.385. The Kier molecular flexibility index (Phi) is 9.90. The molecule has 4 rings (SSSR count). The van der Waals surface area contributed by atoms with Gasteiger partial charge in [0.25, 0.3) is 0 Å². The Morgan fingerprint density at radius 2 is 1.79 bits per heavy atom. The fourth-order valence-electron chi connectivity index (χ4n) is 9.40. The van der Waals surface area contributed by atoms with Gasteiger partial charge < -0.3 is 20.1 Å². The molecule has 3 fully saturated rings. The molecule has 0 radical (unpaired) electrons. The summed E-state index contributed by atoms with van der Waals surface area (Å²) < 4.78 is 6.05. The molecule has 0 unspecified atom stereocenters. The molecule has 3 aliphatic carbocycles. The Bertz CT molecular complexity index is 1190. The van der Waals surface area contributed by atoms with Crippen molar-refractivity contribution in [1.82, 2.24) is 0 Å². The standard InChI is InChI=1S/C37H54O6/c1-8-10-11-14-27(9-2)43-34(42)32-30(25-16-18-26(38)19-17-25)31(33(40)41)36(32,6)22-29(39)37(7)24(4)20-21-35(5)23(3)13-12-15-28(35)37/h9,16-19,24,27-32,38-39H,2-3,8,10-15,20-22H2,1,4-7H3,(H,40,41)/t24-,27+,28+,29+,30+,31+,32+,35+,36+,37+/m1/s1. The molecule has 3 N–H and O–H groups in total. The van der Waals surface area contributed by atoms with Crippen molar-refractivity contribution in [3.05, 3.63) is 54.6 Å². The zero-order chi connectivity index (χ0) is 31.7. The number of fused-ring (bicyclic) bond motifs is 1. The number of aliphatic hydroxyl groups excluding tert-OH is 1. The summed E-state index contributed by atoms with van der Waals surface area (Å²) in [6.07, 6.45) is 9.31. The molecule has 0 aliphatic heterocycles. The van der Waals surface area contributed by atoms with Crippen LogP contribution in [0.2, 0.25) is 0 Å². The van der Waals surface area contributed by atoms with Gasteiger partial charge in [0.2, 0.25) is 0 Å². The van der Waals surface area contributed by atoms with Crippen molar-refractivity contribution in [2.45, 2.75) is 117 Å². The van der Waals surface area contributed by atoms with Gasteiger partial charge in [-0.3, -0.25) is 9.59 Å². The van der Waals surface area contributed by atoms with E-state index >= 15 is 0 Å². The second-order valence-electron chi connectivity index (χ2n) is 14.6. The summed E-state index contributed by atoms with van der Waals surface area (Å²) in [7, 11) is 0. The first-order chi connectivity index (χ1) is 20.2. The third kappa shape index (κ3) is 5.81. The summed E-state index contributed by atoms with van der Waals surface area (Å²) in [6, 6.07) is 6.45. The van der Waals surface area contributed by atoms with E-state index in [4.69, 9.17) is 4.74 Å². The lowest BCUT2D eigenvalue weighted by molar-refractivity contribution is -0.199. The number of aliphatic hydroxyl groups is 1. The molecule has 6 heteroatoms. The Morgan fingerprint density at radius 3 is 2.40 bits per heavy atom. The van der Waals surface area contributed by atoms with Crippen LogP contribution >= 0.6 is 0 Å². The average Bonchev–Trinajstić information content (AvgIpc) is 2.95. The quantitative estimate of drug-likeness (QED) is 0.129. The molecule has 0 amide bonds. The van der Waals surface area contributed by atoms with Crippen molar-refractivity contribution in [2.24, 2.45) is 39.9 Å². The predicted molar refractivity (Wildman–Crippen MR) is 170 cm³/mol. The number of phenols is 1. The Morgan fingerprint density at radius 1 is 1.12 bits per heavy atom. The number of carbonyl (C=O) groups excluding carboxylic acids is 1. The van der Waals surface area contributed by atoms with Crippen LogP contribution in [0.3, 0.4) is 0 Å². The van der Waals surface area contributed by atoms with Crippen molar-refractivity contribution in [3.8, 4) is 5.75 Å². The summed E-state index contributed by atoms with van der Waals surface area (Å²) in [5.74, 6) is -3.19. The first kappa shape index (κ1) is 33.3. The van der Waals surface area contributed by atoms with E-state index in [-0.39, 0.29) is 29.4 Å². The zero-order valence-electron chi connectivity index (χ0n) is 27.0. The number of rotatable bonds is 12. The van der Waals surface area contributed by atoms with Gasteiger partial charge >= 0.3 is 11.9 Å². The fraction of sp³-hybridized carbons (Fsp3) is 0.676. The summed E-state index contributed by atoms with van der Waals surface area (Å²) in [5, 5.41) is 32.8. The largest absolute Gasteiger partial charge is 0.508 e. The minimum atomic E-state index is -1.04. The highest BCUT2D eigenvalue weighted by atomic mass is 16.5. The van der Waals surface area contributed by atoms with Gasteiger partial charge in [0.05, 0.1) is 17.9 Å². The molecule has 0 bridgehead atoms. The Balaban J connectivity index is 1.71. The number of aliphatic carboxylic acids is 1. The van der Waals surface area contributed by atoms with Crippen LogP contribution in [0.4, 0.5) is 0 Å². The highest BCUT2D eigenvalue weighted by molar-refractivity contribution is 5.84. The van der Waals surface area contributed by atoms with E-state index in [1.807, 2.05) is 6.92 Å². The van der Waals surface area contributed by atoms with E-state index in [0.29, 0.717) is 12.0 Å².